The maximum absolute atomic E-state index is 10.8. The van der Waals surface area contributed by atoms with Gasteiger partial charge in [0.25, 0.3) is 0 Å². The lowest BCUT2D eigenvalue weighted by molar-refractivity contribution is -0.153. The lowest BCUT2D eigenvalue weighted by Gasteiger charge is -2.07. The molecule has 0 spiro atoms. The standard InChI is InChI=1S/C8H16O4.6CH4/c1-7(2)12-8(9)6-11-5-4-10-3;;;;;;/h7H,4-6H2,1-3H3;6*1H4. The number of esters is 1. The summed E-state index contributed by atoms with van der Waals surface area (Å²) in [6.07, 6.45) is -0.0801. The average molecular weight is 272 g/mol. The SMILES string of the molecule is C.C.C.C.C.C.COCCOCC(=O)OC(C)C. The fourth-order valence-corrected chi connectivity index (χ4v) is 0.595. The smallest absolute Gasteiger partial charge is 0.332 e. The van der Waals surface area contributed by atoms with Crippen LogP contribution in [0.15, 0.2) is 0 Å². The molecule has 0 aliphatic heterocycles. The van der Waals surface area contributed by atoms with Crippen molar-refractivity contribution in [1.29, 1.82) is 0 Å². The van der Waals surface area contributed by atoms with Gasteiger partial charge in [-0.2, -0.15) is 0 Å². The molecule has 0 fully saturated rings. The second-order valence-electron chi connectivity index (χ2n) is 2.58. The number of carbonyl (C=O) groups excluding carboxylic acids is 1. The largest absolute Gasteiger partial charge is 0.461 e. The van der Waals surface area contributed by atoms with Gasteiger partial charge in [0.15, 0.2) is 0 Å². The lowest BCUT2D eigenvalue weighted by Crippen LogP contribution is -2.18. The first-order chi connectivity index (χ1) is 5.66. The molecule has 0 heterocycles. The number of methoxy groups -OCH3 is 1. The summed E-state index contributed by atoms with van der Waals surface area (Å²) in [7, 11) is 1.58. The van der Waals surface area contributed by atoms with Crippen LogP contribution in [0.2, 0.25) is 0 Å². The summed E-state index contributed by atoms with van der Waals surface area (Å²) < 4.78 is 14.5. The molecular formula is C14H40O4. The van der Waals surface area contributed by atoms with Gasteiger partial charge in [0.2, 0.25) is 0 Å². The molecule has 0 rings (SSSR count). The summed E-state index contributed by atoms with van der Waals surface area (Å²) in [5, 5.41) is 0. The van der Waals surface area contributed by atoms with Gasteiger partial charge in [0.05, 0.1) is 19.3 Å². The first-order valence-electron chi connectivity index (χ1n) is 3.93. The fourth-order valence-electron chi connectivity index (χ4n) is 0.595. The molecular weight excluding hydrogens is 232 g/mol. The van der Waals surface area contributed by atoms with Crippen LogP contribution in [0.3, 0.4) is 0 Å². The zero-order chi connectivity index (χ0) is 9.40. The van der Waals surface area contributed by atoms with Gasteiger partial charge >= 0.3 is 5.97 Å². The van der Waals surface area contributed by atoms with Crippen molar-refractivity contribution in [3.63, 3.8) is 0 Å². The normalized spacial score (nSPS) is 6.89. The second-order valence-corrected chi connectivity index (χ2v) is 2.58. The molecule has 0 unspecified atom stereocenters. The number of carbonyl (C=O) groups is 1. The number of ether oxygens (including phenoxy) is 3. The summed E-state index contributed by atoms with van der Waals surface area (Å²) in [6, 6.07) is 0. The van der Waals surface area contributed by atoms with Crippen LogP contribution in [0, 0.1) is 0 Å². The van der Waals surface area contributed by atoms with E-state index in [2.05, 4.69) is 0 Å². The zero-order valence-corrected chi connectivity index (χ0v) is 7.83. The van der Waals surface area contributed by atoms with Crippen molar-refractivity contribution in [2.45, 2.75) is 64.5 Å². The second kappa shape index (κ2) is 29.9. The highest BCUT2D eigenvalue weighted by Crippen LogP contribution is 1.89. The summed E-state index contributed by atoms with van der Waals surface area (Å²) in [5.41, 5.74) is 0. The third kappa shape index (κ3) is 36.1. The van der Waals surface area contributed by atoms with E-state index in [1.54, 1.807) is 21.0 Å². The highest BCUT2D eigenvalue weighted by Gasteiger charge is 2.04. The summed E-state index contributed by atoms with van der Waals surface area (Å²) >= 11 is 0. The molecule has 0 amide bonds. The van der Waals surface area contributed by atoms with Crippen molar-refractivity contribution < 1.29 is 19.0 Å². The van der Waals surface area contributed by atoms with Crippen molar-refractivity contribution in [2.24, 2.45) is 0 Å². The Morgan fingerprint density at radius 2 is 1.39 bits per heavy atom. The Bertz CT molecular complexity index is 125. The Morgan fingerprint density at radius 3 is 1.72 bits per heavy atom. The molecule has 18 heavy (non-hydrogen) atoms. The number of hydrogen-bond acceptors (Lipinski definition) is 4. The van der Waals surface area contributed by atoms with E-state index in [1.165, 1.54) is 0 Å². The van der Waals surface area contributed by atoms with Gasteiger partial charge < -0.3 is 14.2 Å². The molecule has 4 heteroatoms. The van der Waals surface area contributed by atoms with Crippen molar-refractivity contribution in [3.8, 4) is 0 Å². The molecule has 120 valence electrons. The van der Waals surface area contributed by atoms with E-state index >= 15 is 0 Å². The van der Waals surface area contributed by atoms with Crippen molar-refractivity contribution in [3.05, 3.63) is 0 Å². The predicted octanol–water partition coefficient (Wildman–Crippen LogP) is 4.42. The molecule has 0 aromatic carbocycles. The van der Waals surface area contributed by atoms with Gasteiger partial charge in [0.1, 0.15) is 6.61 Å². The molecule has 0 saturated heterocycles. The van der Waals surface area contributed by atoms with Gasteiger partial charge in [-0.3, -0.25) is 0 Å². The third-order valence-corrected chi connectivity index (χ3v) is 1.02. The van der Waals surface area contributed by atoms with E-state index in [-0.39, 0.29) is 63.2 Å². The third-order valence-electron chi connectivity index (χ3n) is 1.02. The summed E-state index contributed by atoms with van der Waals surface area (Å²) in [4.78, 5) is 10.8. The summed E-state index contributed by atoms with van der Waals surface area (Å²) in [6.45, 7) is 4.51. The lowest BCUT2D eigenvalue weighted by atomic mass is 10.5. The van der Waals surface area contributed by atoms with Crippen molar-refractivity contribution >= 4 is 5.97 Å². The first kappa shape index (κ1) is 43.3. The molecule has 0 N–H and O–H groups in total. The van der Waals surface area contributed by atoms with E-state index in [0.29, 0.717) is 13.2 Å². The van der Waals surface area contributed by atoms with Gasteiger partial charge in [-0.15, -0.1) is 0 Å². The quantitative estimate of drug-likeness (QED) is 0.530. The molecule has 0 bridgehead atoms. The van der Waals surface area contributed by atoms with Gasteiger partial charge in [0, 0.05) is 7.11 Å². The Kier molecular flexibility index (Phi) is 71.9. The number of rotatable bonds is 6. The van der Waals surface area contributed by atoms with Gasteiger partial charge in [-0.05, 0) is 13.8 Å². The maximum Gasteiger partial charge on any atom is 0.332 e. The van der Waals surface area contributed by atoms with E-state index in [4.69, 9.17) is 14.2 Å². The van der Waals surface area contributed by atoms with Crippen molar-refractivity contribution in [2.75, 3.05) is 26.9 Å². The predicted molar refractivity (Wildman–Crippen MR) is 84.3 cm³/mol. The van der Waals surface area contributed by atoms with Crippen LogP contribution in [-0.4, -0.2) is 39.0 Å². The van der Waals surface area contributed by atoms with Crippen LogP contribution >= 0.6 is 0 Å². The van der Waals surface area contributed by atoms with E-state index in [9.17, 15) is 4.79 Å². The van der Waals surface area contributed by atoms with Gasteiger partial charge in [-0.25, -0.2) is 4.79 Å². The average Bonchev–Trinajstić information content (AvgIpc) is 1.97. The minimum atomic E-state index is -0.332. The van der Waals surface area contributed by atoms with Crippen LogP contribution in [0.5, 0.6) is 0 Å². The highest BCUT2D eigenvalue weighted by atomic mass is 16.6. The number of hydrogen-bond donors (Lipinski definition) is 0. The first-order valence-corrected chi connectivity index (χ1v) is 3.93. The zero-order valence-electron chi connectivity index (χ0n) is 7.83. The minimum absolute atomic E-state index is 0. The van der Waals surface area contributed by atoms with E-state index < -0.39 is 0 Å². The molecule has 4 nitrogen and oxygen atoms in total. The Labute approximate surface area is 117 Å². The molecule has 0 aromatic heterocycles. The monoisotopic (exact) mass is 272 g/mol. The summed E-state index contributed by atoms with van der Waals surface area (Å²) in [5.74, 6) is -0.332. The van der Waals surface area contributed by atoms with Crippen molar-refractivity contribution in [1.82, 2.24) is 0 Å². The molecule has 0 saturated carbocycles. The Balaban J connectivity index is -0.0000000403. The van der Waals surface area contributed by atoms with Crippen LogP contribution < -0.4 is 0 Å². The van der Waals surface area contributed by atoms with E-state index in [1.807, 2.05) is 0 Å². The fraction of sp³-hybridized carbons (Fsp3) is 0.929. The van der Waals surface area contributed by atoms with E-state index in [0.717, 1.165) is 0 Å². The maximum atomic E-state index is 10.8. The van der Waals surface area contributed by atoms with Crippen LogP contribution in [0.25, 0.3) is 0 Å². The topological polar surface area (TPSA) is 44.8 Å². The van der Waals surface area contributed by atoms with Crippen LogP contribution in [-0.2, 0) is 19.0 Å². The Morgan fingerprint density at radius 1 is 0.944 bits per heavy atom. The van der Waals surface area contributed by atoms with Gasteiger partial charge in [-0.1, -0.05) is 44.6 Å². The molecule has 0 aliphatic carbocycles. The molecule has 0 aliphatic rings. The minimum Gasteiger partial charge on any atom is -0.461 e. The highest BCUT2D eigenvalue weighted by molar-refractivity contribution is 5.70. The van der Waals surface area contributed by atoms with Crippen LogP contribution in [0.1, 0.15) is 58.4 Å². The molecule has 0 atom stereocenters. The molecule has 0 radical (unpaired) electrons. The van der Waals surface area contributed by atoms with Crippen LogP contribution in [0.4, 0.5) is 0 Å². The Hall–Kier alpha value is -0.610. The molecule has 0 aromatic rings.